The summed E-state index contributed by atoms with van der Waals surface area (Å²) in [7, 11) is -1.25. The van der Waals surface area contributed by atoms with Gasteiger partial charge in [-0.3, -0.25) is 19.6 Å². The van der Waals surface area contributed by atoms with E-state index in [4.69, 9.17) is 11.6 Å². The van der Waals surface area contributed by atoms with Gasteiger partial charge in [-0.25, -0.2) is 23.0 Å². The molecule has 0 saturated heterocycles. The maximum absolute atomic E-state index is 13.3. The predicted octanol–water partition coefficient (Wildman–Crippen LogP) is 2.14. The minimum atomic E-state index is -4.07. The Bertz CT molecular complexity index is 2150. The average Bonchev–Trinajstić information content (AvgIpc) is 3.72. The zero-order valence-corrected chi connectivity index (χ0v) is 27.2. The van der Waals surface area contributed by atoms with Gasteiger partial charge >= 0.3 is 6.09 Å². The first kappa shape index (κ1) is 33.6. The lowest BCUT2D eigenvalue weighted by molar-refractivity contribution is -0.117. The fourth-order valence-electron chi connectivity index (χ4n) is 4.58. The molecule has 17 nitrogen and oxygen atoms in total. The molecule has 2 aromatic carbocycles. The Morgan fingerprint density at radius 3 is 2.58 bits per heavy atom. The summed E-state index contributed by atoms with van der Waals surface area (Å²) in [6.45, 7) is 1.21. The van der Waals surface area contributed by atoms with Gasteiger partial charge in [0.25, 0.3) is 5.56 Å². The number of hydrogen-bond donors (Lipinski definition) is 4. The molecule has 0 radical (unpaired) electrons. The highest BCUT2D eigenvalue weighted by molar-refractivity contribution is 7.89. The first-order valence-corrected chi connectivity index (χ1v) is 15.9. The molecule has 0 aliphatic rings. The van der Waals surface area contributed by atoms with Crippen LogP contribution in [0.25, 0.3) is 22.9 Å². The van der Waals surface area contributed by atoms with Crippen molar-refractivity contribution in [2.24, 2.45) is 7.05 Å². The van der Waals surface area contributed by atoms with Crippen LogP contribution in [0.4, 0.5) is 10.5 Å². The number of sulfonamides is 1. The molecule has 48 heavy (non-hydrogen) atoms. The van der Waals surface area contributed by atoms with Gasteiger partial charge in [0, 0.05) is 42.1 Å². The fourth-order valence-corrected chi connectivity index (χ4v) is 6.03. The van der Waals surface area contributed by atoms with Crippen LogP contribution in [0.5, 0.6) is 0 Å². The largest absolute Gasteiger partial charge is 0.453 e. The van der Waals surface area contributed by atoms with Gasteiger partial charge in [-0.05, 0) is 65.4 Å². The van der Waals surface area contributed by atoms with Crippen LogP contribution >= 0.6 is 11.6 Å². The normalized spacial score (nSPS) is 12.2. The number of tetrazole rings is 1. The zero-order valence-electron chi connectivity index (χ0n) is 25.6. The summed E-state index contributed by atoms with van der Waals surface area (Å²) in [4.78, 5) is 37.6. The van der Waals surface area contributed by atoms with Crippen molar-refractivity contribution in [3.63, 3.8) is 0 Å². The van der Waals surface area contributed by atoms with E-state index in [9.17, 15) is 22.8 Å². The summed E-state index contributed by atoms with van der Waals surface area (Å²) < 4.78 is 36.3. The lowest BCUT2D eigenvalue weighted by atomic mass is 10.0. The average molecular weight is 694 g/mol. The number of anilines is 1. The molecule has 3 aromatic heterocycles. The SMILES string of the molecule is COC(=O)Nc1ccc(-c2cc(C(CNS(=O)(=O)c3cn(C)nc3C)NC(=O)C=Cc3cc(Cl)ccc3-n3cnnn3)n[nH]c2=O)cc1. The maximum Gasteiger partial charge on any atom is 0.411 e. The van der Waals surface area contributed by atoms with E-state index in [0.717, 1.165) is 0 Å². The summed E-state index contributed by atoms with van der Waals surface area (Å²) in [5, 5.41) is 27.4. The maximum atomic E-state index is 13.3. The number of benzene rings is 2. The second-order valence-electron chi connectivity index (χ2n) is 10.2. The molecular formula is C29H28ClN11O6S. The zero-order chi connectivity index (χ0) is 34.4. The van der Waals surface area contributed by atoms with Crippen molar-refractivity contribution in [2.75, 3.05) is 19.0 Å². The highest BCUT2D eigenvalue weighted by Gasteiger charge is 2.24. The van der Waals surface area contributed by atoms with E-state index < -0.39 is 33.6 Å². The topological polar surface area (TPSA) is 221 Å². The third-order valence-electron chi connectivity index (χ3n) is 6.86. The first-order valence-electron chi connectivity index (χ1n) is 14.0. The number of H-pyrrole nitrogens is 1. The summed E-state index contributed by atoms with van der Waals surface area (Å²) in [5.41, 5.74) is 2.01. The number of rotatable bonds is 11. The molecule has 248 valence electrons. The Labute approximate surface area is 278 Å². The molecular weight excluding hydrogens is 666 g/mol. The van der Waals surface area contributed by atoms with Crippen LogP contribution in [-0.2, 0) is 26.6 Å². The molecule has 1 unspecified atom stereocenters. The summed E-state index contributed by atoms with van der Waals surface area (Å²) >= 11 is 6.19. The highest BCUT2D eigenvalue weighted by atomic mass is 35.5. The van der Waals surface area contributed by atoms with Gasteiger partial charge in [-0.1, -0.05) is 23.7 Å². The molecule has 0 saturated carbocycles. The Morgan fingerprint density at radius 2 is 1.92 bits per heavy atom. The van der Waals surface area contributed by atoms with E-state index in [-0.39, 0.29) is 28.4 Å². The molecule has 0 aliphatic carbocycles. The van der Waals surface area contributed by atoms with Crippen molar-refractivity contribution >= 4 is 45.4 Å². The van der Waals surface area contributed by atoms with Crippen LogP contribution in [0.15, 0.2) is 76.8 Å². The third-order valence-corrected chi connectivity index (χ3v) is 8.62. The predicted molar refractivity (Wildman–Crippen MR) is 174 cm³/mol. The van der Waals surface area contributed by atoms with Gasteiger partial charge in [0.15, 0.2) is 0 Å². The van der Waals surface area contributed by atoms with Crippen molar-refractivity contribution < 1.29 is 22.7 Å². The number of carbonyl (C=O) groups is 2. The second-order valence-corrected chi connectivity index (χ2v) is 12.4. The van der Waals surface area contributed by atoms with E-state index in [1.165, 1.54) is 47.2 Å². The lowest BCUT2D eigenvalue weighted by Gasteiger charge is -2.18. The van der Waals surface area contributed by atoms with Crippen LogP contribution in [0, 0.1) is 6.92 Å². The smallest absolute Gasteiger partial charge is 0.411 e. The fraction of sp³-hybridized carbons (Fsp3) is 0.172. The van der Waals surface area contributed by atoms with E-state index in [2.05, 4.69) is 50.9 Å². The molecule has 3 heterocycles. The summed E-state index contributed by atoms with van der Waals surface area (Å²) in [6.07, 6.45) is 4.80. The van der Waals surface area contributed by atoms with Crippen LogP contribution in [0.2, 0.25) is 5.02 Å². The van der Waals surface area contributed by atoms with Crippen LogP contribution in [0.3, 0.4) is 0 Å². The van der Waals surface area contributed by atoms with E-state index in [1.807, 2.05) is 0 Å². The number of nitrogens with zero attached hydrogens (tertiary/aromatic N) is 7. The van der Waals surface area contributed by atoms with Gasteiger partial charge < -0.3 is 10.1 Å². The Morgan fingerprint density at radius 1 is 1.15 bits per heavy atom. The second kappa shape index (κ2) is 14.4. The van der Waals surface area contributed by atoms with E-state index >= 15 is 0 Å². The van der Waals surface area contributed by atoms with Crippen LogP contribution in [0.1, 0.15) is 23.0 Å². The molecule has 5 rings (SSSR count). The van der Waals surface area contributed by atoms with Crippen molar-refractivity contribution in [3.05, 3.63) is 99.5 Å². The number of aromatic amines is 1. The minimum Gasteiger partial charge on any atom is -0.453 e. The number of hydrogen-bond acceptors (Lipinski definition) is 11. The molecule has 0 aliphatic heterocycles. The van der Waals surface area contributed by atoms with Crippen LogP contribution < -0.4 is 20.9 Å². The van der Waals surface area contributed by atoms with Gasteiger partial charge in [-0.2, -0.15) is 14.9 Å². The summed E-state index contributed by atoms with van der Waals surface area (Å²) in [6, 6.07) is 11.6. The van der Waals surface area contributed by atoms with Gasteiger partial charge in [0.1, 0.15) is 11.2 Å². The molecule has 0 bridgehead atoms. The lowest BCUT2D eigenvalue weighted by Crippen LogP contribution is -2.38. The molecule has 2 amide bonds. The minimum absolute atomic E-state index is 0.0400. The van der Waals surface area contributed by atoms with Gasteiger partial charge in [-0.15, -0.1) is 5.10 Å². The van der Waals surface area contributed by atoms with E-state index in [1.54, 1.807) is 56.4 Å². The number of aryl methyl sites for hydroxylation is 2. The number of methoxy groups -OCH3 is 1. The van der Waals surface area contributed by atoms with Crippen molar-refractivity contribution in [1.82, 2.24) is 50.2 Å². The number of nitrogens with one attached hydrogen (secondary N) is 4. The number of carbonyl (C=O) groups excluding carboxylic acids is 2. The molecule has 0 spiro atoms. The van der Waals surface area contributed by atoms with Crippen LogP contribution in [-0.4, -0.2) is 74.3 Å². The number of amides is 2. The molecule has 19 heteroatoms. The Kier molecular flexibility index (Phi) is 10.1. The van der Waals surface area contributed by atoms with Crippen molar-refractivity contribution in [2.45, 2.75) is 17.9 Å². The van der Waals surface area contributed by atoms with Gasteiger partial charge in [0.05, 0.1) is 35.8 Å². The number of aromatic nitrogens is 8. The first-order chi connectivity index (χ1) is 22.9. The Balaban J connectivity index is 1.45. The molecule has 5 aromatic rings. The number of halogens is 1. The van der Waals surface area contributed by atoms with Gasteiger partial charge in [0.2, 0.25) is 15.9 Å². The quantitative estimate of drug-likeness (QED) is 0.147. The standard InChI is InChI=1S/C29H28ClN11O6S/c1-17-26(15-40(2)37-17)48(45,46)32-14-24(34-27(42)11-6-19-12-20(30)7-10-25(19)41-16-31-38-39-41)23-13-22(28(43)36-35-23)18-4-8-21(9-5-18)33-29(44)47-3/h4-13,15-16,24,32H,14H2,1-3H3,(H,33,44)(H,34,42)(H,36,43). The number of ether oxygens (including phenoxy) is 1. The highest BCUT2D eigenvalue weighted by Crippen LogP contribution is 2.23. The van der Waals surface area contributed by atoms with E-state index in [0.29, 0.717) is 27.5 Å². The monoisotopic (exact) mass is 693 g/mol. The molecule has 1 atom stereocenters. The molecule has 4 N–H and O–H groups in total. The Hall–Kier alpha value is -5.72. The van der Waals surface area contributed by atoms with Crippen molar-refractivity contribution in [1.29, 1.82) is 0 Å². The summed E-state index contributed by atoms with van der Waals surface area (Å²) in [5.74, 6) is -0.618. The van der Waals surface area contributed by atoms with Crippen molar-refractivity contribution in [3.8, 4) is 16.8 Å². The third kappa shape index (κ3) is 7.97. The molecule has 0 fully saturated rings.